The number of aliphatic carboxylic acids is 1. The maximum Gasteiger partial charge on any atom is 0.310 e. The lowest BCUT2D eigenvalue weighted by molar-refractivity contribution is -0.143. The van der Waals surface area contributed by atoms with Crippen LogP contribution in [0.5, 0.6) is 11.5 Å². The summed E-state index contributed by atoms with van der Waals surface area (Å²) < 4.78 is 17.4. The van der Waals surface area contributed by atoms with Crippen LogP contribution in [0.3, 0.4) is 0 Å². The monoisotopic (exact) mass is 455 g/mol. The van der Waals surface area contributed by atoms with Gasteiger partial charge in [-0.1, -0.05) is 54.1 Å². The fraction of sp³-hybridized carbons (Fsp3) is 0.214. The second-order valence-electron chi connectivity index (χ2n) is 8.48. The fourth-order valence-corrected chi connectivity index (χ4v) is 4.12. The largest absolute Gasteiger partial charge is 0.493 e. The first-order valence-electron chi connectivity index (χ1n) is 11.3. The predicted molar refractivity (Wildman–Crippen MR) is 128 cm³/mol. The summed E-state index contributed by atoms with van der Waals surface area (Å²) in [5, 5.41) is 9.19. The van der Waals surface area contributed by atoms with E-state index in [1.165, 1.54) is 0 Å². The lowest BCUT2D eigenvalue weighted by atomic mass is 9.97. The third-order valence-corrected chi connectivity index (χ3v) is 5.96. The Labute approximate surface area is 197 Å². The number of rotatable bonds is 7. The van der Waals surface area contributed by atoms with Crippen molar-refractivity contribution in [3.8, 4) is 34.1 Å². The molecule has 1 aromatic heterocycles. The average molecular weight is 456 g/mol. The minimum Gasteiger partial charge on any atom is -0.493 e. The van der Waals surface area contributed by atoms with Crippen molar-refractivity contribution in [2.75, 3.05) is 13.2 Å². The van der Waals surface area contributed by atoms with Gasteiger partial charge in [-0.05, 0) is 42.2 Å². The summed E-state index contributed by atoms with van der Waals surface area (Å²) in [6.07, 6.45) is 2.74. The molecule has 0 bridgehead atoms. The molecule has 3 aromatic carbocycles. The Bertz CT molecular complexity index is 1310. The molecule has 1 atom stereocenters. The van der Waals surface area contributed by atoms with Gasteiger partial charge in [0.15, 0.2) is 0 Å². The first-order valence-corrected chi connectivity index (χ1v) is 11.3. The number of carbonyl (C=O) groups is 1. The first kappa shape index (κ1) is 21.8. The number of aromatic nitrogens is 1. The average Bonchev–Trinajstić information content (AvgIpc) is 3.33. The summed E-state index contributed by atoms with van der Waals surface area (Å²) in [5.74, 6) is 0.622. The number of nitrogens with zero attached hydrogens (tertiary/aromatic N) is 1. The maximum atomic E-state index is 11.2. The molecule has 172 valence electrons. The fourth-order valence-electron chi connectivity index (χ4n) is 4.12. The van der Waals surface area contributed by atoms with Crippen LogP contribution in [0.2, 0.25) is 0 Å². The van der Waals surface area contributed by atoms with Gasteiger partial charge in [0.05, 0.1) is 18.2 Å². The zero-order valence-electron chi connectivity index (χ0n) is 18.9. The molecule has 1 aliphatic rings. The van der Waals surface area contributed by atoms with Crippen LogP contribution in [0, 0.1) is 12.8 Å². The molecule has 1 N–H and O–H groups in total. The van der Waals surface area contributed by atoms with Gasteiger partial charge in [0.2, 0.25) is 5.89 Å². The predicted octanol–water partition coefficient (Wildman–Crippen LogP) is 5.57. The van der Waals surface area contributed by atoms with Gasteiger partial charge in [-0.3, -0.25) is 4.79 Å². The molecule has 6 nitrogen and oxygen atoms in total. The Balaban J connectivity index is 1.25. The standard InChI is InChI=1S/C28H25NO5/c1-18-7-10-24(19-5-3-2-4-6-19)25(13-18)27-29-22(17-34-27)11-12-32-23-9-8-20-14-21(28(30)31)16-33-26(20)15-23/h2-10,13,15,17,21H,11-12,14,16H2,1H3,(H,30,31). The Morgan fingerprint density at radius 1 is 1.09 bits per heavy atom. The van der Waals surface area contributed by atoms with Crippen molar-refractivity contribution in [3.05, 3.63) is 89.8 Å². The topological polar surface area (TPSA) is 81.8 Å². The van der Waals surface area contributed by atoms with Gasteiger partial charge in [-0.25, -0.2) is 4.98 Å². The lowest BCUT2D eigenvalue weighted by Crippen LogP contribution is -2.27. The van der Waals surface area contributed by atoms with Crippen LogP contribution in [0.4, 0.5) is 0 Å². The summed E-state index contributed by atoms with van der Waals surface area (Å²) in [6.45, 7) is 2.67. The molecule has 0 radical (unpaired) electrons. The van der Waals surface area contributed by atoms with Crippen molar-refractivity contribution in [2.45, 2.75) is 19.8 Å². The van der Waals surface area contributed by atoms with Crippen LogP contribution in [0.1, 0.15) is 16.8 Å². The van der Waals surface area contributed by atoms with Gasteiger partial charge in [0, 0.05) is 18.1 Å². The highest BCUT2D eigenvalue weighted by Gasteiger charge is 2.25. The molecule has 0 amide bonds. The van der Waals surface area contributed by atoms with Gasteiger partial charge in [-0.2, -0.15) is 0 Å². The Hall–Kier alpha value is -4.06. The van der Waals surface area contributed by atoms with Crippen molar-refractivity contribution in [3.63, 3.8) is 0 Å². The smallest absolute Gasteiger partial charge is 0.310 e. The first-order chi connectivity index (χ1) is 16.6. The lowest BCUT2D eigenvalue weighted by Gasteiger charge is -2.23. The van der Waals surface area contributed by atoms with E-state index in [4.69, 9.17) is 18.9 Å². The molecule has 0 spiro atoms. The molecule has 0 saturated carbocycles. The number of oxazole rings is 1. The number of benzene rings is 3. The minimum atomic E-state index is -0.834. The number of hydrogen-bond acceptors (Lipinski definition) is 5. The summed E-state index contributed by atoms with van der Waals surface area (Å²) in [7, 11) is 0. The van der Waals surface area contributed by atoms with Crippen molar-refractivity contribution in [1.82, 2.24) is 4.98 Å². The van der Waals surface area contributed by atoms with E-state index in [1.807, 2.05) is 36.4 Å². The number of carboxylic acid groups (broad SMARTS) is 1. The van der Waals surface area contributed by atoms with E-state index in [1.54, 1.807) is 6.26 Å². The highest BCUT2D eigenvalue weighted by molar-refractivity contribution is 5.80. The Morgan fingerprint density at radius 2 is 1.94 bits per heavy atom. The van der Waals surface area contributed by atoms with Crippen molar-refractivity contribution >= 4 is 5.97 Å². The second-order valence-corrected chi connectivity index (χ2v) is 8.48. The highest BCUT2D eigenvalue weighted by Crippen LogP contribution is 2.33. The van der Waals surface area contributed by atoms with Crippen molar-refractivity contribution in [2.24, 2.45) is 5.92 Å². The zero-order chi connectivity index (χ0) is 23.5. The molecule has 1 aliphatic heterocycles. The van der Waals surface area contributed by atoms with Gasteiger partial charge in [0.25, 0.3) is 0 Å². The highest BCUT2D eigenvalue weighted by atomic mass is 16.5. The summed E-state index contributed by atoms with van der Waals surface area (Å²) >= 11 is 0. The Kier molecular flexibility index (Phi) is 6.04. The Morgan fingerprint density at radius 3 is 2.76 bits per heavy atom. The van der Waals surface area contributed by atoms with Crippen molar-refractivity contribution in [1.29, 1.82) is 0 Å². The van der Waals surface area contributed by atoms with E-state index in [-0.39, 0.29) is 6.61 Å². The van der Waals surface area contributed by atoms with E-state index in [0.717, 1.165) is 33.5 Å². The number of hydrogen-bond donors (Lipinski definition) is 1. The molecule has 0 aliphatic carbocycles. The molecule has 6 heteroatoms. The van der Waals surface area contributed by atoms with Crippen LogP contribution >= 0.6 is 0 Å². The maximum absolute atomic E-state index is 11.2. The van der Waals surface area contributed by atoms with E-state index in [9.17, 15) is 9.90 Å². The summed E-state index contributed by atoms with van der Waals surface area (Å²) in [6, 6.07) is 22.0. The summed E-state index contributed by atoms with van der Waals surface area (Å²) in [5.41, 5.74) is 6.00. The van der Waals surface area contributed by atoms with Crippen LogP contribution in [0.15, 0.2) is 77.4 Å². The molecule has 34 heavy (non-hydrogen) atoms. The van der Waals surface area contributed by atoms with Crippen molar-refractivity contribution < 1.29 is 23.8 Å². The molecule has 5 rings (SSSR count). The van der Waals surface area contributed by atoms with E-state index < -0.39 is 11.9 Å². The van der Waals surface area contributed by atoms with Gasteiger partial charge >= 0.3 is 5.97 Å². The molecule has 4 aromatic rings. The van der Waals surface area contributed by atoms with E-state index in [2.05, 4.69) is 37.3 Å². The normalized spacial score (nSPS) is 14.8. The number of fused-ring (bicyclic) bond motifs is 1. The zero-order valence-corrected chi connectivity index (χ0v) is 18.9. The number of ether oxygens (including phenoxy) is 2. The molecule has 2 heterocycles. The molecule has 1 unspecified atom stereocenters. The number of aryl methyl sites for hydroxylation is 1. The van der Waals surface area contributed by atoms with Gasteiger partial charge in [-0.15, -0.1) is 0 Å². The minimum absolute atomic E-state index is 0.178. The van der Waals surface area contributed by atoms with Gasteiger partial charge < -0.3 is 19.0 Å². The van der Waals surface area contributed by atoms with E-state index in [0.29, 0.717) is 36.8 Å². The third kappa shape index (κ3) is 4.66. The molecular weight excluding hydrogens is 430 g/mol. The molecular formula is C28H25NO5. The number of carboxylic acids is 1. The summed E-state index contributed by atoms with van der Waals surface area (Å²) in [4.78, 5) is 15.9. The second kappa shape index (κ2) is 9.43. The SMILES string of the molecule is Cc1ccc(-c2ccccc2)c(-c2nc(CCOc3ccc4c(c3)OCC(C(=O)O)C4)co2)c1. The van der Waals surface area contributed by atoms with Crippen LogP contribution in [-0.2, 0) is 17.6 Å². The van der Waals surface area contributed by atoms with Crippen LogP contribution in [-0.4, -0.2) is 29.3 Å². The molecule has 0 fully saturated rings. The third-order valence-electron chi connectivity index (χ3n) is 5.96. The van der Waals surface area contributed by atoms with Crippen LogP contribution < -0.4 is 9.47 Å². The van der Waals surface area contributed by atoms with Crippen LogP contribution in [0.25, 0.3) is 22.6 Å². The van der Waals surface area contributed by atoms with E-state index >= 15 is 0 Å². The molecule has 0 saturated heterocycles. The van der Waals surface area contributed by atoms with Gasteiger partial charge in [0.1, 0.15) is 24.4 Å². The quantitative estimate of drug-likeness (QED) is 0.392.